The van der Waals surface area contributed by atoms with E-state index in [9.17, 15) is 13.2 Å². The highest BCUT2D eigenvalue weighted by Crippen LogP contribution is 2.23. The first-order chi connectivity index (χ1) is 9.84. The maximum absolute atomic E-state index is 12.2. The van der Waals surface area contributed by atoms with Gasteiger partial charge in [0.05, 0.1) is 28.9 Å². The smallest absolute Gasteiger partial charge is 0.270 e. The molecule has 0 radical (unpaired) electrons. The second-order valence-corrected chi connectivity index (χ2v) is 7.90. The topological polar surface area (TPSA) is 88.2 Å². The highest BCUT2D eigenvalue weighted by molar-refractivity contribution is 7.91. The van der Waals surface area contributed by atoms with Crippen molar-refractivity contribution >= 4 is 21.4 Å². The van der Waals surface area contributed by atoms with Crippen LogP contribution in [0.15, 0.2) is 18.3 Å². The van der Waals surface area contributed by atoms with E-state index in [1.807, 2.05) is 0 Å². The van der Waals surface area contributed by atoms with Gasteiger partial charge < -0.3 is 10.6 Å². The van der Waals surface area contributed by atoms with Gasteiger partial charge in [0.1, 0.15) is 5.69 Å². The Bertz CT molecular complexity index is 613. The maximum atomic E-state index is 12.2. The lowest BCUT2D eigenvalue weighted by Gasteiger charge is -2.23. The third-order valence-corrected chi connectivity index (χ3v) is 5.40. The minimum absolute atomic E-state index is 0.0120. The Morgan fingerprint density at radius 2 is 2.19 bits per heavy atom. The number of nitrogens with one attached hydrogen (secondary N) is 2. The van der Waals surface area contributed by atoms with Crippen LogP contribution < -0.4 is 10.6 Å². The van der Waals surface area contributed by atoms with E-state index in [1.54, 1.807) is 25.3 Å². The fourth-order valence-corrected chi connectivity index (χ4v) is 4.44. The van der Waals surface area contributed by atoms with Crippen LogP contribution in [0.5, 0.6) is 0 Å². The van der Waals surface area contributed by atoms with E-state index < -0.39 is 15.4 Å². The summed E-state index contributed by atoms with van der Waals surface area (Å²) in [7, 11) is -3.04. The van der Waals surface area contributed by atoms with Gasteiger partial charge in [-0.1, -0.05) is 6.92 Å². The highest BCUT2D eigenvalue weighted by atomic mass is 32.2. The zero-order valence-corrected chi connectivity index (χ0v) is 13.2. The van der Waals surface area contributed by atoms with E-state index in [0.717, 1.165) is 18.7 Å². The number of anilines is 1. The molecule has 1 saturated heterocycles. The van der Waals surface area contributed by atoms with E-state index in [4.69, 9.17) is 0 Å². The molecule has 0 bridgehead atoms. The van der Waals surface area contributed by atoms with Crippen LogP contribution in [0.25, 0.3) is 0 Å². The van der Waals surface area contributed by atoms with Gasteiger partial charge >= 0.3 is 0 Å². The monoisotopic (exact) mass is 311 g/mol. The molecule has 2 heterocycles. The van der Waals surface area contributed by atoms with Crippen LogP contribution in [0.3, 0.4) is 0 Å². The number of rotatable bonds is 5. The van der Waals surface area contributed by atoms with Crippen LogP contribution in [-0.2, 0) is 9.84 Å². The summed E-state index contributed by atoms with van der Waals surface area (Å²) in [5.74, 6) is -0.226. The van der Waals surface area contributed by atoms with Gasteiger partial charge in [-0.2, -0.15) is 0 Å². The third-order valence-electron chi connectivity index (χ3n) is 3.49. The number of hydrogen-bond donors (Lipinski definition) is 2. The van der Waals surface area contributed by atoms with E-state index in [0.29, 0.717) is 12.1 Å². The first kappa shape index (κ1) is 15.8. The first-order valence-electron chi connectivity index (χ1n) is 7.06. The van der Waals surface area contributed by atoms with Crippen LogP contribution in [0.1, 0.15) is 37.2 Å². The van der Waals surface area contributed by atoms with Crippen molar-refractivity contribution in [2.75, 3.05) is 23.4 Å². The van der Waals surface area contributed by atoms with Crippen molar-refractivity contribution in [1.82, 2.24) is 10.3 Å². The number of hydrogen-bond acceptors (Lipinski definition) is 5. The number of carbonyl (C=O) groups is 1. The van der Waals surface area contributed by atoms with Crippen molar-refractivity contribution in [3.8, 4) is 0 Å². The van der Waals surface area contributed by atoms with Gasteiger partial charge in [-0.15, -0.1) is 0 Å². The average molecular weight is 311 g/mol. The molecule has 0 aliphatic carbocycles. The van der Waals surface area contributed by atoms with Gasteiger partial charge in [-0.05, 0) is 31.9 Å². The van der Waals surface area contributed by atoms with Crippen LogP contribution in [0, 0.1) is 0 Å². The fourth-order valence-electron chi connectivity index (χ4n) is 2.35. The Hall–Kier alpha value is -1.63. The van der Waals surface area contributed by atoms with Crippen molar-refractivity contribution in [3.63, 3.8) is 0 Å². The summed E-state index contributed by atoms with van der Waals surface area (Å²) >= 11 is 0. The largest absolute Gasteiger partial charge is 0.384 e. The van der Waals surface area contributed by atoms with Gasteiger partial charge in [0, 0.05) is 6.54 Å². The van der Waals surface area contributed by atoms with Crippen LogP contribution in [-0.4, -0.2) is 42.9 Å². The number of amides is 1. The van der Waals surface area contributed by atoms with Crippen LogP contribution in [0.4, 0.5) is 5.69 Å². The average Bonchev–Trinajstić information content (AvgIpc) is 2.70. The Balaban J connectivity index is 2.00. The van der Waals surface area contributed by atoms with Crippen molar-refractivity contribution < 1.29 is 13.2 Å². The van der Waals surface area contributed by atoms with Crippen LogP contribution >= 0.6 is 0 Å². The molecule has 2 N–H and O–H groups in total. The number of aromatic nitrogens is 1. The van der Waals surface area contributed by atoms with E-state index in [2.05, 4.69) is 22.5 Å². The predicted molar refractivity (Wildman–Crippen MR) is 82.2 cm³/mol. The molecule has 1 aliphatic rings. The Kier molecular flexibility index (Phi) is 4.51. The molecule has 1 aromatic rings. The Morgan fingerprint density at radius 1 is 1.43 bits per heavy atom. The molecule has 116 valence electrons. The first-order valence-corrected chi connectivity index (χ1v) is 8.89. The Morgan fingerprint density at radius 3 is 2.71 bits per heavy atom. The second-order valence-electron chi connectivity index (χ2n) is 5.72. The predicted octanol–water partition coefficient (Wildman–Crippen LogP) is 1.21. The summed E-state index contributed by atoms with van der Waals surface area (Å²) in [6, 6.07) is 3.44. The van der Waals surface area contributed by atoms with Crippen LogP contribution in [0.2, 0.25) is 0 Å². The molecule has 0 saturated carbocycles. The zero-order valence-electron chi connectivity index (χ0n) is 12.3. The number of pyridine rings is 1. The molecule has 6 nitrogen and oxygen atoms in total. The minimum atomic E-state index is -3.04. The SMILES string of the molecule is CCCNc1ccc(C(=O)NC2(C)CCS(=O)(=O)C2)nc1. The van der Waals surface area contributed by atoms with E-state index >= 15 is 0 Å². The molecule has 0 spiro atoms. The summed E-state index contributed by atoms with van der Waals surface area (Å²) < 4.78 is 23.1. The molecule has 7 heteroatoms. The van der Waals surface area contributed by atoms with Gasteiger partial charge in [0.2, 0.25) is 0 Å². The summed E-state index contributed by atoms with van der Waals surface area (Å²) in [4.78, 5) is 16.3. The standard InChI is InChI=1S/C14H21N3O3S/c1-3-7-15-11-4-5-12(16-9-11)13(18)17-14(2)6-8-21(19,20)10-14/h4-5,9,15H,3,6-8,10H2,1-2H3,(H,17,18). The van der Waals surface area contributed by atoms with Gasteiger partial charge in [0.15, 0.2) is 9.84 Å². The summed E-state index contributed by atoms with van der Waals surface area (Å²) in [6.45, 7) is 4.67. The van der Waals surface area contributed by atoms with Crippen molar-refractivity contribution in [2.45, 2.75) is 32.2 Å². The van der Waals surface area contributed by atoms with Gasteiger partial charge in [-0.3, -0.25) is 4.79 Å². The summed E-state index contributed by atoms with van der Waals surface area (Å²) in [5.41, 5.74) is 0.460. The molecule has 1 aliphatic heterocycles. The molecule has 1 atom stereocenters. The summed E-state index contributed by atoms with van der Waals surface area (Å²) in [5, 5.41) is 5.97. The molecule has 1 fully saturated rings. The molecule has 1 unspecified atom stereocenters. The van der Waals surface area contributed by atoms with Crippen molar-refractivity contribution in [3.05, 3.63) is 24.0 Å². The second kappa shape index (κ2) is 6.01. The lowest BCUT2D eigenvalue weighted by molar-refractivity contribution is 0.0910. The zero-order chi connectivity index (χ0) is 15.5. The van der Waals surface area contributed by atoms with Gasteiger partial charge in [-0.25, -0.2) is 13.4 Å². The molecule has 1 amide bonds. The fraction of sp³-hybridized carbons (Fsp3) is 0.571. The Labute approximate surface area is 125 Å². The lowest BCUT2D eigenvalue weighted by atomic mass is 10.0. The number of sulfone groups is 1. The molecule has 1 aromatic heterocycles. The number of nitrogens with zero attached hydrogens (tertiary/aromatic N) is 1. The molecular weight excluding hydrogens is 290 g/mol. The third kappa shape index (κ3) is 4.17. The maximum Gasteiger partial charge on any atom is 0.270 e. The summed E-state index contributed by atoms with van der Waals surface area (Å²) in [6.07, 6.45) is 3.06. The number of carbonyl (C=O) groups excluding carboxylic acids is 1. The highest BCUT2D eigenvalue weighted by Gasteiger charge is 2.39. The normalized spacial score (nSPS) is 23.7. The van der Waals surface area contributed by atoms with Crippen molar-refractivity contribution in [2.24, 2.45) is 0 Å². The quantitative estimate of drug-likeness (QED) is 0.853. The molecule has 0 aromatic carbocycles. The van der Waals surface area contributed by atoms with E-state index in [-0.39, 0.29) is 17.4 Å². The lowest BCUT2D eigenvalue weighted by Crippen LogP contribution is -2.47. The van der Waals surface area contributed by atoms with Gasteiger partial charge in [0.25, 0.3) is 5.91 Å². The molecular formula is C14H21N3O3S. The molecule has 2 rings (SSSR count). The van der Waals surface area contributed by atoms with E-state index in [1.165, 1.54) is 0 Å². The molecule has 21 heavy (non-hydrogen) atoms. The van der Waals surface area contributed by atoms with Crippen molar-refractivity contribution in [1.29, 1.82) is 0 Å². The minimum Gasteiger partial charge on any atom is -0.384 e.